The molecule has 0 fully saturated rings. The van der Waals surface area contributed by atoms with Crippen LogP contribution in [0.2, 0.25) is 0 Å². The molecule has 0 amide bonds. The Kier molecular flexibility index (Phi) is 3.60. The van der Waals surface area contributed by atoms with E-state index in [0.717, 1.165) is 40.9 Å². The van der Waals surface area contributed by atoms with Crippen molar-refractivity contribution in [1.29, 1.82) is 0 Å². The van der Waals surface area contributed by atoms with Crippen molar-refractivity contribution in [3.8, 4) is 11.3 Å². The topological polar surface area (TPSA) is 85.7 Å². The van der Waals surface area contributed by atoms with Crippen LogP contribution in [0.4, 0.5) is 0 Å². The van der Waals surface area contributed by atoms with E-state index in [1.54, 1.807) is 19.3 Å². The molecule has 1 aliphatic carbocycles. The molecule has 0 unspecified atom stereocenters. The molecule has 0 aromatic carbocycles. The Labute approximate surface area is 138 Å². The van der Waals surface area contributed by atoms with Crippen molar-refractivity contribution in [3.63, 3.8) is 0 Å². The highest BCUT2D eigenvalue weighted by atomic mass is 16.5. The van der Waals surface area contributed by atoms with Crippen molar-refractivity contribution in [2.24, 2.45) is 0 Å². The van der Waals surface area contributed by atoms with Crippen LogP contribution in [0.15, 0.2) is 30.7 Å². The van der Waals surface area contributed by atoms with Crippen LogP contribution in [0, 0.1) is 0 Å². The quantitative estimate of drug-likeness (QED) is 0.742. The predicted octanol–water partition coefficient (Wildman–Crippen LogP) is 1.99. The average molecular weight is 323 g/mol. The third kappa shape index (κ3) is 2.38. The normalized spacial score (nSPS) is 12.5. The zero-order chi connectivity index (χ0) is 16.5. The van der Waals surface area contributed by atoms with Crippen molar-refractivity contribution < 1.29 is 9.53 Å². The van der Waals surface area contributed by atoms with Gasteiger partial charge in [0.2, 0.25) is 0 Å². The summed E-state index contributed by atoms with van der Waals surface area (Å²) in [6.07, 6.45) is 7.02. The summed E-state index contributed by atoms with van der Waals surface area (Å²) in [5, 5.41) is 11.7. The Morgan fingerprint density at radius 1 is 1.33 bits per heavy atom. The number of aromatic nitrogens is 5. The Balaban J connectivity index is 1.82. The van der Waals surface area contributed by atoms with Crippen LogP contribution in [0.5, 0.6) is 0 Å². The number of fused-ring (bicyclic) bond motifs is 3. The number of rotatable bonds is 4. The molecule has 0 atom stereocenters. The van der Waals surface area contributed by atoms with Crippen LogP contribution in [0.25, 0.3) is 11.3 Å². The van der Waals surface area contributed by atoms with Crippen LogP contribution >= 0.6 is 0 Å². The maximum absolute atomic E-state index is 12.4. The van der Waals surface area contributed by atoms with Crippen molar-refractivity contribution >= 4 is 5.97 Å². The van der Waals surface area contributed by atoms with E-state index in [4.69, 9.17) is 4.74 Å². The number of carbonyl (C=O) groups is 1. The van der Waals surface area contributed by atoms with E-state index in [1.165, 1.54) is 0 Å². The molecule has 0 radical (unpaired) electrons. The SMILES string of the molecule is CCOC(=O)c1nn(Cc2ccncc2)c2c1-c1[nH]ncc1CC2. The predicted molar refractivity (Wildman–Crippen MR) is 86.5 cm³/mol. The van der Waals surface area contributed by atoms with Crippen LogP contribution in [-0.2, 0) is 24.1 Å². The summed E-state index contributed by atoms with van der Waals surface area (Å²) >= 11 is 0. The van der Waals surface area contributed by atoms with E-state index in [9.17, 15) is 4.79 Å². The Bertz CT molecular complexity index is 882. The summed E-state index contributed by atoms with van der Waals surface area (Å²) in [6, 6.07) is 3.89. The van der Waals surface area contributed by atoms with Gasteiger partial charge in [-0.05, 0) is 43.0 Å². The number of esters is 1. The van der Waals surface area contributed by atoms with Crippen LogP contribution in [-0.4, -0.2) is 37.5 Å². The first kappa shape index (κ1) is 14.6. The largest absolute Gasteiger partial charge is 0.461 e. The van der Waals surface area contributed by atoms with Gasteiger partial charge in [0.05, 0.1) is 30.6 Å². The number of nitrogens with one attached hydrogen (secondary N) is 1. The number of ether oxygens (including phenoxy) is 1. The molecule has 1 aliphatic rings. The lowest BCUT2D eigenvalue weighted by Crippen LogP contribution is -2.10. The second kappa shape index (κ2) is 5.92. The highest BCUT2D eigenvalue weighted by Crippen LogP contribution is 2.35. The van der Waals surface area contributed by atoms with Gasteiger partial charge in [0.1, 0.15) is 0 Å². The number of carbonyl (C=O) groups excluding carboxylic acids is 1. The number of aromatic amines is 1. The molecule has 0 saturated heterocycles. The number of hydrogen-bond acceptors (Lipinski definition) is 5. The molecule has 3 aromatic rings. The van der Waals surface area contributed by atoms with Crippen molar-refractivity contribution in [2.75, 3.05) is 6.61 Å². The van der Waals surface area contributed by atoms with Gasteiger partial charge in [0, 0.05) is 18.1 Å². The Morgan fingerprint density at radius 2 is 2.17 bits per heavy atom. The number of nitrogens with zero attached hydrogens (tertiary/aromatic N) is 4. The highest BCUT2D eigenvalue weighted by Gasteiger charge is 2.30. The summed E-state index contributed by atoms with van der Waals surface area (Å²) < 4.78 is 7.08. The zero-order valence-electron chi connectivity index (χ0n) is 13.3. The molecule has 4 rings (SSSR count). The van der Waals surface area contributed by atoms with Crippen LogP contribution in [0.1, 0.15) is 34.2 Å². The Hall–Kier alpha value is -2.96. The van der Waals surface area contributed by atoms with Gasteiger partial charge in [-0.1, -0.05) is 0 Å². The van der Waals surface area contributed by atoms with Crippen molar-refractivity contribution in [1.82, 2.24) is 25.0 Å². The van der Waals surface area contributed by atoms with E-state index in [1.807, 2.05) is 23.0 Å². The molecule has 0 saturated carbocycles. The summed E-state index contributed by atoms with van der Waals surface area (Å²) in [5.74, 6) is -0.398. The molecule has 3 heterocycles. The van der Waals surface area contributed by atoms with Crippen LogP contribution in [0.3, 0.4) is 0 Å². The fourth-order valence-electron chi connectivity index (χ4n) is 3.12. The van der Waals surface area contributed by atoms with Crippen molar-refractivity contribution in [2.45, 2.75) is 26.3 Å². The first-order chi connectivity index (χ1) is 11.8. The van der Waals surface area contributed by atoms with Gasteiger partial charge in [0.25, 0.3) is 0 Å². The molecular formula is C17H17N5O2. The zero-order valence-corrected chi connectivity index (χ0v) is 13.3. The van der Waals surface area contributed by atoms with Gasteiger partial charge in [-0.15, -0.1) is 0 Å². The van der Waals surface area contributed by atoms with Gasteiger partial charge in [-0.3, -0.25) is 14.8 Å². The molecule has 122 valence electrons. The minimum absolute atomic E-state index is 0.320. The third-order valence-corrected chi connectivity index (χ3v) is 4.21. The summed E-state index contributed by atoms with van der Waals surface area (Å²) in [5.41, 5.74) is 5.27. The first-order valence-corrected chi connectivity index (χ1v) is 7.96. The maximum atomic E-state index is 12.4. The highest BCUT2D eigenvalue weighted by molar-refractivity contribution is 5.96. The monoisotopic (exact) mass is 323 g/mol. The molecule has 0 bridgehead atoms. The summed E-state index contributed by atoms with van der Waals surface area (Å²) in [4.78, 5) is 16.4. The van der Waals surface area contributed by atoms with E-state index in [-0.39, 0.29) is 0 Å². The minimum Gasteiger partial charge on any atom is -0.461 e. The van der Waals surface area contributed by atoms with E-state index in [0.29, 0.717) is 18.8 Å². The number of pyridine rings is 1. The number of hydrogen-bond donors (Lipinski definition) is 1. The molecule has 3 aromatic heterocycles. The molecule has 7 heteroatoms. The van der Waals surface area contributed by atoms with Gasteiger partial charge in [-0.2, -0.15) is 10.2 Å². The van der Waals surface area contributed by atoms with E-state index < -0.39 is 5.97 Å². The van der Waals surface area contributed by atoms with Gasteiger partial charge in [0.15, 0.2) is 5.69 Å². The maximum Gasteiger partial charge on any atom is 0.359 e. The Morgan fingerprint density at radius 3 is 2.96 bits per heavy atom. The molecule has 24 heavy (non-hydrogen) atoms. The van der Waals surface area contributed by atoms with Crippen LogP contribution < -0.4 is 0 Å². The minimum atomic E-state index is -0.398. The smallest absolute Gasteiger partial charge is 0.359 e. The molecule has 7 nitrogen and oxygen atoms in total. The fourth-order valence-corrected chi connectivity index (χ4v) is 3.12. The van der Waals surface area contributed by atoms with Gasteiger partial charge in [-0.25, -0.2) is 4.79 Å². The van der Waals surface area contributed by atoms with E-state index >= 15 is 0 Å². The van der Waals surface area contributed by atoms with Gasteiger partial charge < -0.3 is 4.74 Å². The first-order valence-electron chi connectivity index (χ1n) is 7.96. The number of H-pyrrole nitrogens is 1. The van der Waals surface area contributed by atoms with Gasteiger partial charge >= 0.3 is 5.97 Å². The molecular weight excluding hydrogens is 306 g/mol. The molecule has 1 N–H and O–H groups in total. The second-order valence-electron chi connectivity index (χ2n) is 5.67. The lowest BCUT2D eigenvalue weighted by atomic mass is 9.94. The second-order valence-corrected chi connectivity index (χ2v) is 5.67. The van der Waals surface area contributed by atoms with Crippen molar-refractivity contribution in [3.05, 3.63) is 53.2 Å². The summed E-state index contributed by atoms with van der Waals surface area (Å²) in [6.45, 7) is 2.70. The lowest BCUT2D eigenvalue weighted by molar-refractivity contribution is 0.0519. The van der Waals surface area contributed by atoms with E-state index in [2.05, 4.69) is 20.3 Å². The number of aryl methyl sites for hydroxylation is 1. The third-order valence-electron chi connectivity index (χ3n) is 4.21. The molecule has 0 spiro atoms. The fraction of sp³-hybridized carbons (Fsp3) is 0.294. The standard InChI is InChI=1S/C17H17N5O2/c1-2-24-17(23)16-14-13(4-3-12-9-19-20-15(12)14)22(21-16)10-11-5-7-18-8-6-11/h5-9H,2-4,10H2,1H3,(H,19,20). The lowest BCUT2D eigenvalue weighted by Gasteiger charge is -2.14. The summed E-state index contributed by atoms with van der Waals surface area (Å²) in [7, 11) is 0. The molecule has 0 aliphatic heterocycles. The average Bonchev–Trinajstić information content (AvgIpc) is 3.20.